The highest BCUT2D eigenvalue weighted by Gasteiger charge is 2.20. The highest BCUT2D eigenvalue weighted by atomic mass is 16.5. The van der Waals surface area contributed by atoms with Gasteiger partial charge in [-0.25, -0.2) is 10.8 Å². The Balaban J connectivity index is 2.37. The van der Waals surface area contributed by atoms with Gasteiger partial charge in [-0.2, -0.15) is 15.0 Å². The second-order valence-electron chi connectivity index (χ2n) is 4.57. The minimum atomic E-state index is -0.362. The Labute approximate surface area is 111 Å². The average molecular weight is 263 g/mol. The molecule has 0 atom stereocenters. The second kappa shape index (κ2) is 5.19. The number of nitrogen functional groups attached to an aromatic ring is 1. The lowest BCUT2D eigenvalue weighted by Gasteiger charge is -2.23. The largest absolute Gasteiger partial charge is 0.457 e. The molecule has 0 fully saturated rings. The summed E-state index contributed by atoms with van der Waals surface area (Å²) in [5.41, 5.74) is 2.04. The van der Waals surface area contributed by atoms with Crippen LogP contribution in [0.2, 0.25) is 0 Å². The Morgan fingerprint density at radius 3 is 2.74 bits per heavy atom. The first-order chi connectivity index (χ1) is 9.04. The summed E-state index contributed by atoms with van der Waals surface area (Å²) >= 11 is 0. The van der Waals surface area contributed by atoms with Gasteiger partial charge in [-0.3, -0.25) is 9.99 Å². The monoisotopic (exact) mass is 263 g/mol. The van der Waals surface area contributed by atoms with Gasteiger partial charge < -0.3 is 4.74 Å². The summed E-state index contributed by atoms with van der Waals surface area (Å²) < 4.78 is 7.39. The molecule has 2 heterocycles. The number of hydrogen-bond donors (Lipinski definition) is 2. The normalized spacial score (nSPS) is 11.4. The first kappa shape index (κ1) is 13.2. The van der Waals surface area contributed by atoms with E-state index in [4.69, 9.17) is 10.6 Å². The molecular formula is C11H17N7O. The van der Waals surface area contributed by atoms with Gasteiger partial charge in [0.05, 0.1) is 0 Å². The minimum absolute atomic E-state index is 0.221. The Kier molecular flexibility index (Phi) is 3.61. The number of hydrazine groups is 1. The van der Waals surface area contributed by atoms with Crippen molar-refractivity contribution in [3.05, 3.63) is 18.7 Å². The standard InChI is InChI=1S/C11H17N7O/c1-4-11(2,3)19-10-15-8(17-12)14-9(16-10)18-6-5-13-7-18/h5-7H,4,12H2,1-3H3,(H,14,15,16,17). The van der Waals surface area contributed by atoms with Crippen LogP contribution < -0.4 is 16.0 Å². The first-order valence-corrected chi connectivity index (χ1v) is 5.94. The molecular weight excluding hydrogens is 246 g/mol. The summed E-state index contributed by atoms with van der Waals surface area (Å²) in [6.07, 6.45) is 5.77. The zero-order chi connectivity index (χ0) is 13.9. The number of anilines is 1. The van der Waals surface area contributed by atoms with Gasteiger partial charge in [0.2, 0.25) is 11.9 Å². The van der Waals surface area contributed by atoms with Crippen molar-refractivity contribution in [3.8, 4) is 12.0 Å². The molecule has 0 aliphatic rings. The third-order valence-electron chi connectivity index (χ3n) is 2.69. The summed E-state index contributed by atoms with van der Waals surface area (Å²) in [7, 11) is 0. The fourth-order valence-electron chi connectivity index (χ4n) is 1.27. The number of nitrogens with one attached hydrogen (secondary N) is 1. The van der Waals surface area contributed by atoms with Crippen molar-refractivity contribution in [1.29, 1.82) is 0 Å². The van der Waals surface area contributed by atoms with Crippen molar-refractivity contribution in [2.24, 2.45) is 5.84 Å². The maximum Gasteiger partial charge on any atom is 0.323 e. The number of hydrogen-bond acceptors (Lipinski definition) is 7. The van der Waals surface area contributed by atoms with E-state index in [1.54, 1.807) is 23.3 Å². The highest BCUT2D eigenvalue weighted by Crippen LogP contribution is 2.18. The predicted molar refractivity (Wildman–Crippen MR) is 69.8 cm³/mol. The summed E-state index contributed by atoms with van der Waals surface area (Å²) in [5.74, 6) is 5.98. The molecule has 0 saturated heterocycles. The van der Waals surface area contributed by atoms with Crippen molar-refractivity contribution >= 4 is 5.95 Å². The van der Waals surface area contributed by atoms with Gasteiger partial charge in [0, 0.05) is 12.4 Å². The van der Waals surface area contributed by atoms with E-state index in [1.807, 2.05) is 20.8 Å². The first-order valence-electron chi connectivity index (χ1n) is 5.94. The SMILES string of the molecule is CCC(C)(C)Oc1nc(NN)nc(-n2ccnc2)n1. The number of nitrogens with two attached hydrogens (primary N) is 1. The second-order valence-corrected chi connectivity index (χ2v) is 4.57. The maximum atomic E-state index is 5.74. The fraction of sp³-hybridized carbons (Fsp3) is 0.455. The number of aromatic nitrogens is 5. The lowest BCUT2D eigenvalue weighted by molar-refractivity contribution is 0.0923. The van der Waals surface area contributed by atoms with Crippen LogP contribution >= 0.6 is 0 Å². The van der Waals surface area contributed by atoms with Crippen molar-refractivity contribution in [1.82, 2.24) is 24.5 Å². The van der Waals surface area contributed by atoms with Crippen LogP contribution in [-0.4, -0.2) is 30.1 Å². The van der Waals surface area contributed by atoms with Gasteiger partial charge >= 0.3 is 6.01 Å². The Morgan fingerprint density at radius 2 is 2.16 bits per heavy atom. The van der Waals surface area contributed by atoms with E-state index in [1.165, 1.54) is 0 Å². The zero-order valence-electron chi connectivity index (χ0n) is 11.2. The van der Waals surface area contributed by atoms with Crippen molar-refractivity contribution in [2.75, 3.05) is 5.43 Å². The third kappa shape index (κ3) is 3.16. The Hall–Kier alpha value is -2.22. The number of ether oxygens (including phenoxy) is 1. The van der Waals surface area contributed by atoms with E-state index < -0.39 is 0 Å². The number of rotatable bonds is 5. The summed E-state index contributed by atoms with van der Waals surface area (Å²) in [5, 5.41) is 0. The van der Waals surface area contributed by atoms with Crippen LogP contribution in [0.1, 0.15) is 27.2 Å². The van der Waals surface area contributed by atoms with Crippen molar-refractivity contribution < 1.29 is 4.74 Å². The number of imidazole rings is 1. The van der Waals surface area contributed by atoms with Crippen molar-refractivity contribution in [3.63, 3.8) is 0 Å². The fourth-order valence-corrected chi connectivity index (χ4v) is 1.27. The average Bonchev–Trinajstić information content (AvgIpc) is 2.91. The van der Waals surface area contributed by atoms with Crippen LogP contribution in [0.4, 0.5) is 5.95 Å². The van der Waals surface area contributed by atoms with E-state index in [0.29, 0.717) is 5.95 Å². The van der Waals surface area contributed by atoms with Gasteiger partial charge in [-0.15, -0.1) is 0 Å². The smallest absolute Gasteiger partial charge is 0.323 e. The molecule has 0 aliphatic heterocycles. The topological polar surface area (TPSA) is 104 Å². The molecule has 2 aromatic rings. The summed E-state index contributed by atoms with van der Waals surface area (Å²) in [6, 6.07) is 0.221. The van der Waals surface area contributed by atoms with Crippen LogP contribution in [0.25, 0.3) is 5.95 Å². The van der Waals surface area contributed by atoms with E-state index in [-0.39, 0.29) is 17.6 Å². The maximum absolute atomic E-state index is 5.74. The minimum Gasteiger partial charge on any atom is -0.457 e. The van der Waals surface area contributed by atoms with Gasteiger partial charge in [-0.1, -0.05) is 6.92 Å². The molecule has 2 rings (SSSR count). The quantitative estimate of drug-likeness (QED) is 0.610. The lowest BCUT2D eigenvalue weighted by atomic mass is 10.1. The van der Waals surface area contributed by atoms with E-state index in [9.17, 15) is 0 Å². The molecule has 0 amide bonds. The molecule has 19 heavy (non-hydrogen) atoms. The molecule has 0 radical (unpaired) electrons. The molecule has 0 aliphatic carbocycles. The van der Waals surface area contributed by atoms with Crippen molar-refractivity contribution in [2.45, 2.75) is 32.8 Å². The third-order valence-corrected chi connectivity index (χ3v) is 2.69. The predicted octanol–water partition coefficient (Wildman–Crippen LogP) is 0.910. The Morgan fingerprint density at radius 1 is 1.37 bits per heavy atom. The molecule has 0 aromatic carbocycles. The van der Waals surface area contributed by atoms with Gasteiger partial charge in [-0.05, 0) is 20.3 Å². The highest BCUT2D eigenvalue weighted by molar-refractivity contribution is 5.28. The van der Waals surface area contributed by atoms with Crippen LogP contribution in [-0.2, 0) is 0 Å². The van der Waals surface area contributed by atoms with E-state index >= 15 is 0 Å². The molecule has 8 heteroatoms. The molecule has 0 spiro atoms. The van der Waals surface area contributed by atoms with E-state index in [0.717, 1.165) is 6.42 Å². The van der Waals surface area contributed by atoms with E-state index in [2.05, 4.69) is 25.4 Å². The molecule has 0 saturated carbocycles. The molecule has 8 nitrogen and oxygen atoms in total. The lowest BCUT2D eigenvalue weighted by Crippen LogP contribution is -2.28. The number of nitrogens with zero attached hydrogens (tertiary/aromatic N) is 5. The molecule has 0 unspecified atom stereocenters. The van der Waals surface area contributed by atoms with Crippen LogP contribution in [0.15, 0.2) is 18.7 Å². The van der Waals surface area contributed by atoms with Crippen LogP contribution in [0.3, 0.4) is 0 Å². The van der Waals surface area contributed by atoms with Crippen LogP contribution in [0, 0.1) is 0 Å². The Bertz CT molecular complexity index is 538. The molecule has 3 N–H and O–H groups in total. The molecule has 102 valence electrons. The van der Waals surface area contributed by atoms with Crippen LogP contribution in [0.5, 0.6) is 6.01 Å². The van der Waals surface area contributed by atoms with Gasteiger partial charge in [0.15, 0.2) is 0 Å². The summed E-state index contributed by atoms with van der Waals surface area (Å²) in [6.45, 7) is 5.95. The zero-order valence-corrected chi connectivity index (χ0v) is 11.2. The van der Waals surface area contributed by atoms with Gasteiger partial charge in [0.1, 0.15) is 11.9 Å². The molecule has 2 aromatic heterocycles. The van der Waals surface area contributed by atoms with Gasteiger partial charge in [0.25, 0.3) is 0 Å². The molecule has 0 bridgehead atoms. The summed E-state index contributed by atoms with van der Waals surface area (Å²) in [4.78, 5) is 16.4.